The van der Waals surface area contributed by atoms with E-state index in [1.165, 1.54) is 44.9 Å². The summed E-state index contributed by atoms with van der Waals surface area (Å²) in [5.74, 6) is 0.900. The summed E-state index contributed by atoms with van der Waals surface area (Å²) >= 11 is 0. The second-order valence-electron chi connectivity index (χ2n) is 6.37. The number of fused-ring (bicyclic) bond motifs is 2. The summed E-state index contributed by atoms with van der Waals surface area (Å²) < 4.78 is 0. The molecule has 92 valence electrons. The summed E-state index contributed by atoms with van der Waals surface area (Å²) in [5.41, 5.74) is 3.47. The highest BCUT2D eigenvalue weighted by atomic mass is 16.2. The molecule has 2 heterocycles. The Labute approximate surface area is 103 Å². The summed E-state index contributed by atoms with van der Waals surface area (Å²) in [6.07, 6.45) is 11.2. The minimum atomic E-state index is 0.397. The molecule has 0 N–H and O–H groups in total. The van der Waals surface area contributed by atoms with E-state index >= 15 is 0 Å². The van der Waals surface area contributed by atoms with E-state index < -0.39 is 0 Å². The molecule has 0 aromatic carbocycles. The van der Waals surface area contributed by atoms with Crippen LogP contribution in [0, 0.1) is 5.92 Å². The van der Waals surface area contributed by atoms with E-state index in [0.717, 1.165) is 12.8 Å². The lowest BCUT2D eigenvalue weighted by Crippen LogP contribution is -2.48. The monoisotopic (exact) mass is 231 g/mol. The molecule has 0 radical (unpaired) electrons. The number of hydrogen-bond acceptors (Lipinski definition) is 1. The molecule has 2 saturated heterocycles. The number of allylic oxidation sites excluding steroid dienone is 1. The maximum Gasteiger partial charge on any atom is 0.226 e. The van der Waals surface area contributed by atoms with Crippen LogP contribution < -0.4 is 0 Å². The fourth-order valence-electron chi connectivity index (χ4n) is 3.94. The zero-order chi connectivity index (χ0) is 11.4. The summed E-state index contributed by atoms with van der Waals surface area (Å²) in [6, 6.07) is 1.15. The fourth-order valence-corrected chi connectivity index (χ4v) is 3.94. The van der Waals surface area contributed by atoms with Crippen LogP contribution in [-0.2, 0) is 4.79 Å². The lowest BCUT2D eigenvalue weighted by atomic mass is 9.83. The van der Waals surface area contributed by atoms with Crippen LogP contribution >= 0.6 is 0 Å². The molecule has 0 aromatic rings. The maximum atomic E-state index is 12.4. The minimum Gasteiger partial charge on any atom is -0.336 e. The Morgan fingerprint density at radius 2 is 1.59 bits per heavy atom. The van der Waals surface area contributed by atoms with E-state index in [2.05, 4.69) is 4.90 Å². The minimum absolute atomic E-state index is 0.397. The lowest BCUT2D eigenvalue weighted by Gasteiger charge is -2.40. The van der Waals surface area contributed by atoms with Gasteiger partial charge in [0, 0.05) is 18.0 Å². The van der Waals surface area contributed by atoms with E-state index in [-0.39, 0.29) is 0 Å². The second-order valence-corrected chi connectivity index (χ2v) is 6.37. The highest BCUT2D eigenvalue weighted by Gasteiger charge is 2.44. The average Bonchev–Trinajstić information content (AvgIpc) is 3.02. The highest BCUT2D eigenvalue weighted by Crippen LogP contribution is 2.46. The summed E-state index contributed by atoms with van der Waals surface area (Å²) in [7, 11) is 0. The molecule has 2 unspecified atom stereocenters. The van der Waals surface area contributed by atoms with Gasteiger partial charge in [0.05, 0.1) is 0 Å². The first-order valence-corrected chi connectivity index (χ1v) is 7.35. The third-order valence-corrected chi connectivity index (χ3v) is 5.29. The molecular weight excluding hydrogens is 210 g/mol. The quantitative estimate of drug-likeness (QED) is 0.635. The Kier molecular flexibility index (Phi) is 2.15. The van der Waals surface area contributed by atoms with Gasteiger partial charge in [0.2, 0.25) is 5.91 Å². The largest absolute Gasteiger partial charge is 0.336 e. The van der Waals surface area contributed by atoms with Gasteiger partial charge in [-0.05, 0) is 51.4 Å². The third kappa shape index (κ3) is 1.56. The van der Waals surface area contributed by atoms with Crippen molar-refractivity contribution in [2.24, 2.45) is 5.92 Å². The molecule has 4 fully saturated rings. The predicted molar refractivity (Wildman–Crippen MR) is 66.5 cm³/mol. The van der Waals surface area contributed by atoms with E-state index in [1.54, 1.807) is 11.1 Å². The molecule has 2 nitrogen and oxygen atoms in total. The topological polar surface area (TPSA) is 20.3 Å². The molecule has 0 spiro atoms. The third-order valence-electron chi connectivity index (χ3n) is 5.29. The van der Waals surface area contributed by atoms with Crippen LogP contribution in [0.25, 0.3) is 0 Å². The number of piperidine rings is 1. The fraction of sp³-hybridized carbons (Fsp3) is 0.800. The first-order chi connectivity index (χ1) is 8.33. The Balaban J connectivity index is 1.54. The molecule has 4 rings (SSSR count). The Hall–Kier alpha value is -0.790. The van der Waals surface area contributed by atoms with Gasteiger partial charge in [0.25, 0.3) is 0 Å². The van der Waals surface area contributed by atoms with Gasteiger partial charge in [0.15, 0.2) is 0 Å². The van der Waals surface area contributed by atoms with Crippen LogP contribution in [0.4, 0.5) is 0 Å². The Morgan fingerprint density at radius 3 is 2.06 bits per heavy atom. The number of rotatable bonds is 1. The van der Waals surface area contributed by atoms with Gasteiger partial charge in [-0.3, -0.25) is 4.79 Å². The molecule has 2 saturated carbocycles. The Morgan fingerprint density at radius 1 is 0.941 bits per heavy atom. The van der Waals surface area contributed by atoms with Crippen LogP contribution in [0.5, 0.6) is 0 Å². The van der Waals surface area contributed by atoms with Crippen molar-refractivity contribution in [2.75, 3.05) is 0 Å². The predicted octanol–water partition coefficient (Wildman–Crippen LogP) is 3.03. The number of carbonyl (C=O) groups is 1. The molecule has 4 aliphatic rings. The van der Waals surface area contributed by atoms with Gasteiger partial charge in [0.1, 0.15) is 0 Å². The molecule has 2 heteroatoms. The lowest BCUT2D eigenvalue weighted by molar-refractivity contribution is -0.141. The highest BCUT2D eigenvalue weighted by molar-refractivity contribution is 5.81. The van der Waals surface area contributed by atoms with Gasteiger partial charge in [-0.2, -0.15) is 0 Å². The summed E-state index contributed by atoms with van der Waals surface area (Å²) in [4.78, 5) is 14.7. The van der Waals surface area contributed by atoms with Crippen molar-refractivity contribution >= 4 is 5.91 Å². The SMILES string of the molecule is O=C(C1CCC1)N1C2CCC1CC(=C1CC1)C2. The van der Waals surface area contributed by atoms with E-state index in [0.29, 0.717) is 23.9 Å². The van der Waals surface area contributed by atoms with Crippen molar-refractivity contribution in [3.63, 3.8) is 0 Å². The number of amides is 1. The molecule has 0 aromatic heterocycles. The van der Waals surface area contributed by atoms with Crippen LogP contribution in [0.15, 0.2) is 11.1 Å². The van der Waals surface area contributed by atoms with Crippen molar-refractivity contribution in [2.45, 2.75) is 69.9 Å². The van der Waals surface area contributed by atoms with Gasteiger partial charge in [-0.1, -0.05) is 17.6 Å². The van der Waals surface area contributed by atoms with Gasteiger partial charge < -0.3 is 4.90 Å². The first-order valence-electron chi connectivity index (χ1n) is 7.35. The summed E-state index contributed by atoms with van der Waals surface area (Å²) in [5, 5.41) is 0. The van der Waals surface area contributed by atoms with E-state index in [9.17, 15) is 4.79 Å². The van der Waals surface area contributed by atoms with Crippen LogP contribution in [0.2, 0.25) is 0 Å². The van der Waals surface area contributed by atoms with Crippen molar-refractivity contribution in [3.05, 3.63) is 11.1 Å². The van der Waals surface area contributed by atoms with Gasteiger partial charge in [-0.25, -0.2) is 0 Å². The smallest absolute Gasteiger partial charge is 0.226 e. The normalized spacial score (nSPS) is 36.1. The zero-order valence-electron chi connectivity index (χ0n) is 10.5. The molecule has 17 heavy (non-hydrogen) atoms. The van der Waals surface area contributed by atoms with Crippen molar-refractivity contribution in [1.82, 2.24) is 4.90 Å². The average molecular weight is 231 g/mol. The number of nitrogens with zero attached hydrogens (tertiary/aromatic N) is 1. The summed E-state index contributed by atoms with van der Waals surface area (Å²) in [6.45, 7) is 0. The molecular formula is C15H21NO. The number of hydrogen-bond donors (Lipinski definition) is 0. The van der Waals surface area contributed by atoms with Gasteiger partial charge in [-0.15, -0.1) is 0 Å². The first kappa shape index (κ1) is 10.2. The van der Waals surface area contributed by atoms with Crippen LogP contribution in [0.1, 0.15) is 57.8 Å². The van der Waals surface area contributed by atoms with Crippen LogP contribution in [0.3, 0.4) is 0 Å². The molecule has 2 atom stereocenters. The maximum absolute atomic E-state index is 12.4. The van der Waals surface area contributed by atoms with E-state index in [4.69, 9.17) is 0 Å². The molecule has 2 aliphatic heterocycles. The molecule has 2 aliphatic carbocycles. The second kappa shape index (κ2) is 3.60. The molecule has 1 amide bonds. The molecule has 2 bridgehead atoms. The van der Waals surface area contributed by atoms with Gasteiger partial charge >= 0.3 is 0 Å². The van der Waals surface area contributed by atoms with Crippen LogP contribution in [-0.4, -0.2) is 22.9 Å². The standard InChI is InChI=1S/C15H21NO/c17-15(11-2-1-3-11)16-13-6-7-14(16)9-12(8-13)10-4-5-10/h11,13-14H,1-9H2. The van der Waals surface area contributed by atoms with Crippen molar-refractivity contribution in [3.8, 4) is 0 Å². The van der Waals surface area contributed by atoms with Crippen molar-refractivity contribution < 1.29 is 4.79 Å². The van der Waals surface area contributed by atoms with E-state index in [1.807, 2.05) is 0 Å². The number of carbonyl (C=O) groups excluding carboxylic acids is 1. The Bertz CT molecular complexity index is 372. The van der Waals surface area contributed by atoms with Crippen molar-refractivity contribution in [1.29, 1.82) is 0 Å². The zero-order valence-corrected chi connectivity index (χ0v) is 10.5.